The molecule has 0 aromatic heterocycles. The first-order valence-corrected chi connectivity index (χ1v) is 11.1. The third-order valence-corrected chi connectivity index (χ3v) is 7.14. The van der Waals surface area contributed by atoms with Crippen molar-refractivity contribution in [3.05, 3.63) is 63.4 Å². The van der Waals surface area contributed by atoms with Gasteiger partial charge in [-0.3, -0.25) is 4.79 Å². The molecule has 0 spiro atoms. The van der Waals surface area contributed by atoms with Crippen molar-refractivity contribution >= 4 is 39.1 Å². The first-order valence-electron chi connectivity index (χ1n) is 8.88. The lowest BCUT2D eigenvalue weighted by atomic mass is 10.1. The van der Waals surface area contributed by atoms with Gasteiger partial charge >= 0.3 is 0 Å². The van der Waals surface area contributed by atoms with Gasteiger partial charge in [0, 0.05) is 19.6 Å². The lowest BCUT2D eigenvalue weighted by Crippen LogP contribution is -2.40. The van der Waals surface area contributed by atoms with Crippen molar-refractivity contribution < 1.29 is 22.3 Å². The molecule has 1 saturated heterocycles. The van der Waals surface area contributed by atoms with Crippen LogP contribution in [0.15, 0.2) is 41.3 Å². The largest absolute Gasteiger partial charge is 0.379 e. The average Bonchev–Trinajstić information content (AvgIpc) is 2.70. The molecular weight excluding hydrogens is 442 g/mol. The summed E-state index contributed by atoms with van der Waals surface area (Å²) < 4.78 is 45.2. The van der Waals surface area contributed by atoms with Crippen LogP contribution >= 0.6 is 23.2 Å². The van der Waals surface area contributed by atoms with E-state index in [0.29, 0.717) is 19.6 Å². The zero-order chi connectivity index (χ0) is 21.0. The highest BCUT2D eigenvalue weighted by molar-refractivity contribution is 7.89. The van der Waals surface area contributed by atoms with E-state index in [2.05, 4.69) is 5.32 Å². The van der Waals surface area contributed by atoms with Crippen molar-refractivity contribution in [2.24, 2.45) is 0 Å². The number of morpholine rings is 1. The minimum Gasteiger partial charge on any atom is -0.379 e. The first-order chi connectivity index (χ1) is 13.8. The first kappa shape index (κ1) is 22.0. The monoisotopic (exact) mass is 460 g/mol. The number of ether oxygens (including phenoxy) is 1. The molecule has 0 bridgehead atoms. The van der Waals surface area contributed by atoms with Crippen LogP contribution in [-0.4, -0.2) is 51.5 Å². The zero-order valence-electron chi connectivity index (χ0n) is 15.3. The van der Waals surface area contributed by atoms with Gasteiger partial charge in [-0.2, -0.15) is 4.31 Å². The van der Waals surface area contributed by atoms with Gasteiger partial charge in [0.1, 0.15) is 10.7 Å². The standard InChI is InChI=1S/C19H19Cl2FN2O4S/c20-16-12-17(21)18(29(26,27)24-7-9-28-10-8-24)11-15(16)19(25)23-6-5-13-1-3-14(22)4-2-13/h1-4,11-12H,5-10H2,(H,23,25). The van der Waals surface area contributed by atoms with Crippen molar-refractivity contribution in [3.63, 3.8) is 0 Å². The van der Waals surface area contributed by atoms with Crippen molar-refractivity contribution in [1.29, 1.82) is 0 Å². The van der Waals surface area contributed by atoms with Gasteiger partial charge in [-0.1, -0.05) is 35.3 Å². The van der Waals surface area contributed by atoms with E-state index in [0.717, 1.165) is 5.56 Å². The van der Waals surface area contributed by atoms with Gasteiger partial charge in [-0.25, -0.2) is 12.8 Å². The average molecular weight is 461 g/mol. The zero-order valence-corrected chi connectivity index (χ0v) is 17.7. The second kappa shape index (κ2) is 9.40. The van der Waals surface area contributed by atoms with Crippen LogP contribution in [0, 0.1) is 5.82 Å². The molecule has 29 heavy (non-hydrogen) atoms. The maximum absolute atomic E-state index is 12.9. The molecule has 6 nitrogen and oxygen atoms in total. The number of halogens is 3. The topological polar surface area (TPSA) is 75.7 Å². The van der Waals surface area contributed by atoms with E-state index in [9.17, 15) is 17.6 Å². The number of carbonyl (C=O) groups excluding carboxylic acids is 1. The van der Waals surface area contributed by atoms with E-state index in [-0.39, 0.29) is 46.0 Å². The van der Waals surface area contributed by atoms with Gasteiger partial charge in [0.15, 0.2) is 0 Å². The summed E-state index contributed by atoms with van der Waals surface area (Å²) in [5.41, 5.74) is 0.867. The Morgan fingerprint density at radius 2 is 1.76 bits per heavy atom. The Morgan fingerprint density at radius 1 is 1.10 bits per heavy atom. The highest BCUT2D eigenvalue weighted by atomic mass is 35.5. The summed E-state index contributed by atoms with van der Waals surface area (Å²) in [7, 11) is -3.89. The summed E-state index contributed by atoms with van der Waals surface area (Å²) in [6.45, 7) is 1.28. The van der Waals surface area contributed by atoms with E-state index in [4.69, 9.17) is 27.9 Å². The maximum atomic E-state index is 12.9. The SMILES string of the molecule is O=C(NCCc1ccc(F)cc1)c1cc(S(=O)(=O)N2CCOCC2)c(Cl)cc1Cl. The fourth-order valence-corrected chi connectivity index (χ4v) is 5.14. The number of hydrogen-bond donors (Lipinski definition) is 1. The number of nitrogens with one attached hydrogen (secondary N) is 1. The van der Waals surface area contributed by atoms with Gasteiger partial charge in [0.25, 0.3) is 5.91 Å². The minimum atomic E-state index is -3.89. The summed E-state index contributed by atoms with van der Waals surface area (Å²) in [5, 5.41) is 2.69. The van der Waals surface area contributed by atoms with E-state index in [1.807, 2.05) is 0 Å². The Hall–Kier alpha value is -1.71. The highest BCUT2D eigenvalue weighted by Crippen LogP contribution is 2.31. The van der Waals surface area contributed by atoms with Crippen molar-refractivity contribution in [3.8, 4) is 0 Å². The smallest absolute Gasteiger partial charge is 0.252 e. The summed E-state index contributed by atoms with van der Waals surface area (Å²) in [5.74, 6) is -0.855. The van der Waals surface area contributed by atoms with Crippen LogP contribution < -0.4 is 5.32 Å². The normalized spacial score (nSPS) is 15.3. The van der Waals surface area contributed by atoms with Gasteiger partial charge in [-0.15, -0.1) is 0 Å². The predicted molar refractivity (Wildman–Crippen MR) is 108 cm³/mol. The molecule has 1 N–H and O–H groups in total. The predicted octanol–water partition coefficient (Wildman–Crippen LogP) is 3.13. The molecule has 1 fully saturated rings. The Bertz CT molecular complexity index is 994. The lowest BCUT2D eigenvalue weighted by molar-refractivity contribution is 0.0730. The molecule has 0 saturated carbocycles. The molecule has 10 heteroatoms. The number of carbonyl (C=O) groups is 1. The second-order valence-corrected chi connectivity index (χ2v) is 9.13. The molecule has 0 atom stereocenters. The Balaban J connectivity index is 1.75. The van der Waals surface area contributed by atoms with Gasteiger partial charge in [0.2, 0.25) is 10.0 Å². The number of sulfonamides is 1. The number of rotatable bonds is 6. The molecule has 1 aliphatic heterocycles. The van der Waals surface area contributed by atoms with Gasteiger partial charge in [-0.05, 0) is 36.2 Å². The molecule has 1 amide bonds. The van der Waals surface area contributed by atoms with Crippen LogP contribution in [0.25, 0.3) is 0 Å². The number of benzene rings is 2. The van der Waals surface area contributed by atoms with Crippen LogP contribution in [0.4, 0.5) is 4.39 Å². The highest BCUT2D eigenvalue weighted by Gasteiger charge is 2.30. The second-order valence-electron chi connectivity index (χ2n) is 6.41. The van der Waals surface area contributed by atoms with Gasteiger partial charge < -0.3 is 10.1 Å². The minimum absolute atomic E-state index is 0.0157. The lowest BCUT2D eigenvalue weighted by Gasteiger charge is -2.26. The fourth-order valence-electron chi connectivity index (χ4n) is 2.89. The van der Waals surface area contributed by atoms with Crippen LogP contribution in [0.1, 0.15) is 15.9 Å². The number of amides is 1. The quantitative estimate of drug-likeness (QED) is 0.718. The van der Waals surface area contributed by atoms with E-state index in [1.54, 1.807) is 12.1 Å². The van der Waals surface area contributed by atoms with Crippen molar-refractivity contribution in [2.75, 3.05) is 32.8 Å². The summed E-state index contributed by atoms with van der Waals surface area (Å²) in [4.78, 5) is 12.4. The number of hydrogen-bond acceptors (Lipinski definition) is 4. The van der Waals surface area contributed by atoms with Crippen LogP contribution in [0.3, 0.4) is 0 Å². The van der Waals surface area contributed by atoms with E-state index < -0.39 is 15.9 Å². The van der Waals surface area contributed by atoms with Gasteiger partial charge in [0.05, 0.1) is 28.8 Å². The third-order valence-electron chi connectivity index (χ3n) is 4.47. The summed E-state index contributed by atoms with van der Waals surface area (Å²) in [6.07, 6.45) is 0.482. The molecule has 2 aromatic rings. The van der Waals surface area contributed by atoms with Crippen molar-refractivity contribution in [1.82, 2.24) is 9.62 Å². The third kappa shape index (κ3) is 5.26. The summed E-state index contributed by atoms with van der Waals surface area (Å²) in [6, 6.07) is 8.40. The molecule has 0 aliphatic carbocycles. The Kier molecular flexibility index (Phi) is 7.13. The molecule has 2 aromatic carbocycles. The van der Waals surface area contributed by atoms with Crippen LogP contribution in [-0.2, 0) is 21.2 Å². The molecule has 0 unspecified atom stereocenters. The molecule has 0 radical (unpaired) electrons. The molecule has 156 valence electrons. The van der Waals surface area contributed by atoms with E-state index in [1.165, 1.54) is 28.6 Å². The fraction of sp³-hybridized carbons (Fsp3) is 0.316. The van der Waals surface area contributed by atoms with Crippen molar-refractivity contribution in [2.45, 2.75) is 11.3 Å². The summed E-state index contributed by atoms with van der Waals surface area (Å²) >= 11 is 12.3. The van der Waals surface area contributed by atoms with Crippen LogP contribution in [0.2, 0.25) is 10.0 Å². The number of nitrogens with zero attached hydrogens (tertiary/aromatic N) is 1. The van der Waals surface area contributed by atoms with E-state index >= 15 is 0 Å². The Labute approximate surface area is 178 Å². The Morgan fingerprint density at radius 3 is 2.41 bits per heavy atom. The molecular formula is C19H19Cl2FN2O4S. The maximum Gasteiger partial charge on any atom is 0.252 e. The molecule has 1 heterocycles. The van der Waals surface area contributed by atoms with Crippen LogP contribution in [0.5, 0.6) is 0 Å². The molecule has 3 rings (SSSR count). The molecule has 1 aliphatic rings.